The average Bonchev–Trinajstić information content (AvgIpc) is 2.65. The summed E-state index contributed by atoms with van der Waals surface area (Å²) in [7, 11) is 1.12. The summed E-state index contributed by atoms with van der Waals surface area (Å²) in [6.45, 7) is 4.83. The lowest BCUT2D eigenvalue weighted by Gasteiger charge is -2.30. The third kappa shape index (κ3) is 3.91. The van der Waals surface area contributed by atoms with Gasteiger partial charge in [0.25, 0.3) is 5.69 Å². The highest BCUT2D eigenvalue weighted by Gasteiger charge is 2.45. The molecule has 1 heterocycles. The van der Waals surface area contributed by atoms with Crippen molar-refractivity contribution in [2.75, 3.05) is 7.11 Å². The molecular formula is C19H19N3O6. The molecule has 9 nitrogen and oxygen atoms in total. The van der Waals surface area contributed by atoms with E-state index in [1.54, 1.807) is 19.9 Å². The summed E-state index contributed by atoms with van der Waals surface area (Å²) in [5.41, 5.74) is -0.432. The lowest BCUT2D eigenvalue weighted by Crippen LogP contribution is -2.37. The summed E-state index contributed by atoms with van der Waals surface area (Å²) in [5, 5.41) is 21.0. The molecule has 0 aliphatic carbocycles. The minimum atomic E-state index is -1.15. The van der Waals surface area contributed by atoms with Gasteiger partial charge in [-0.2, -0.15) is 5.26 Å². The maximum absolute atomic E-state index is 12.8. The SMILES string of the molecule is COC(=O)C1=C(C#N)N=C(C)C(C(=O)OC(C)C)C1c1ccccc1[N+](=O)[O-]. The number of nitro benzene ring substituents is 1. The molecule has 1 aromatic carbocycles. The highest BCUT2D eigenvalue weighted by Crippen LogP contribution is 2.43. The second-order valence-corrected chi connectivity index (χ2v) is 6.38. The molecule has 0 spiro atoms. The van der Waals surface area contributed by atoms with Gasteiger partial charge in [0.1, 0.15) is 12.0 Å². The molecule has 1 aliphatic rings. The van der Waals surface area contributed by atoms with Crippen LogP contribution >= 0.6 is 0 Å². The third-order valence-electron chi connectivity index (χ3n) is 4.22. The van der Waals surface area contributed by atoms with Crippen LogP contribution in [0.25, 0.3) is 0 Å². The molecule has 0 saturated heterocycles. The molecule has 0 saturated carbocycles. The first kappa shape index (κ1) is 20.8. The van der Waals surface area contributed by atoms with Gasteiger partial charge in [0.2, 0.25) is 0 Å². The Balaban J connectivity index is 2.81. The maximum atomic E-state index is 12.8. The molecule has 28 heavy (non-hydrogen) atoms. The lowest BCUT2D eigenvalue weighted by molar-refractivity contribution is -0.385. The van der Waals surface area contributed by atoms with E-state index in [-0.39, 0.29) is 28.2 Å². The quantitative estimate of drug-likeness (QED) is 0.432. The van der Waals surface area contributed by atoms with Gasteiger partial charge in [-0.25, -0.2) is 9.79 Å². The molecule has 0 bridgehead atoms. The number of carbonyl (C=O) groups excluding carboxylic acids is 2. The Morgan fingerprint density at radius 3 is 2.50 bits per heavy atom. The number of allylic oxidation sites excluding steroid dienone is 1. The zero-order chi connectivity index (χ0) is 21.0. The topological polar surface area (TPSA) is 132 Å². The first-order chi connectivity index (χ1) is 13.2. The van der Waals surface area contributed by atoms with Gasteiger partial charge in [0.15, 0.2) is 5.70 Å². The van der Waals surface area contributed by atoms with E-state index in [2.05, 4.69) is 4.99 Å². The number of hydrogen-bond donors (Lipinski definition) is 0. The largest absolute Gasteiger partial charge is 0.466 e. The number of hydrogen-bond acceptors (Lipinski definition) is 8. The number of ether oxygens (including phenoxy) is 2. The number of methoxy groups -OCH3 is 1. The Labute approximate surface area is 161 Å². The summed E-state index contributed by atoms with van der Waals surface area (Å²) in [5.74, 6) is -3.85. The molecule has 0 N–H and O–H groups in total. The highest BCUT2D eigenvalue weighted by atomic mass is 16.6. The van der Waals surface area contributed by atoms with Crippen LogP contribution in [0.5, 0.6) is 0 Å². The van der Waals surface area contributed by atoms with Crippen molar-refractivity contribution in [3.05, 3.63) is 51.2 Å². The van der Waals surface area contributed by atoms with Crippen molar-refractivity contribution < 1.29 is 24.0 Å². The number of benzene rings is 1. The Morgan fingerprint density at radius 1 is 1.32 bits per heavy atom. The van der Waals surface area contributed by atoms with Crippen molar-refractivity contribution in [1.29, 1.82) is 5.26 Å². The van der Waals surface area contributed by atoms with Gasteiger partial charge in [0.05, 0.1) is 23.7 Å². The number of carbonyl (C=O) groups is 2. The van der Waals surface area contributed by atoms with E-state index in [4.69, 9.17) is 9.47 Å². The van der Waals surface area contributed by atoms with Crippen LogP contribution in [0.4, 0.5) is 5.69 Å². The van der Waals surface area contributed by atoms with E-state index in [9.17, 15) is 25.0 Å². The van der Waals surface area contributed by atoms with Crippen LogP contribution in [-0.2, 0) is 19.1 Å². The normalized spacial score (nSPS) is 18.9. The highest BCUT2D eigenvalue weighted by molar-refractivity contribution is 6.07. The van der Waals surface area contributed by atoms with Crippen LogP contribution < -0.4 is 0 Å². The minimum Gasteiger partial charge on any atom is -0.466 e. The maximum Gasteiger partial charge on any atom is 0.337 e. The molecule has 1 aliphatic heterocycles. The second-order valence-electron chi connectivity index (χ2n) is 6.38. The van der Waals surface area contributed by atoms with E-state index in [1.165, 1.54) is 25.1 Å². The van der Waals surface area contributed by atoms with Crippen molar-refractivity contribution in [3.8, 4) is 6.07 Å². The Kier molecular flexibility index (Phi) is 6.26. The minimum absolute atomic E-state index is 0.0978. The van der Waals surface area contributed by atoms with Crippen molar-refractivity contribution in [2.24, 2.45) is 10.9 Å². The van der Waals surface area contributed by atoms with Gasteiger partial charge >= 0.3 is 11.9 Å². The Hall–Kier alpha value is -3.54. The van der Waals surface area contributed by atoms with Gasteiger partial charge < -0.3 is 9.47 Å². The van der Waals surface area contributed by atoms with Crippen LogP contribution in [0.3, 0.4) is 0 Å². The Morgan fingerprint density at radius 2 is 1.96 bits per heavy atom. The van der Waals surface area contributed by atoms with Crippen molar-refractivity contribution >= 4 is 23.3 Å². The predicted molar refractivity (Wildman–Crippen MR) is 98.3 cm³/mol. The fraction of sp³-hybridized carbons (Fsp3) is 0.368. The van der Waals surface area contributed by atoms with Gasteiger partial charge in [-0.15, -0.1) is 0 Å². The number of nitro groups is 1. The lowest BCUT2D eigenvalue weighted by atomic mass is 9.75. The Bertz CT molecular complexity index is 926. The number of nitrogens with zero attached hydrogens (tertiary/aromatic N) is 3. The summed E-state index contributed by atoms with van der Waals surface area (Å²) in [4.78, 5) is 40.3. The molecule has 2 unspecified atom stereocenters. The molecule has 2 atom stereocenters. The van der Waals surface area contributed by atoms with Gasteiger partial charge in [-0.05, 0) is 20.8 Å². The fourth-order valence-corrected chi connectivity index (χ4v) is 3.14. The van der Waals surface area contributed by atoms with Crippen LogP contribution in [-0.4, -0.2) is 35.8 Å². The summed E-state index contributed by atoms with van der Waals surface area (Å²) in [6.07, 6.45) is -0.449. The third-order valence-corrected chi connectivity index (χ3v) is 4.22. The number of nitriles is 1. The predicted octanol–water partition coefficient (Wildman–Crippen LogP) is 2.67. The number of aliphatic imine (C=N–C) groups is 1. The standard InChI is InChI=1S/C19H19N3O6/c1-10(2)28-19(24)15-11(3)21-13(9-20)17(18(23)27-4)16(15)12-7-5-6-8-14(12)22(25)26/h5-8,10,15-16H,1-4H3. The average molecular weight is 385 g/mol. The van der Waals surface area contributed by atoms with Crippen LogP contribution in [0.2, 0.25) is 0 Å². The monoisotopic (exact) mass is 385 g/mol. The van der Waals surface area contributed by atoms with Crippen molar-refractivity contribution in [3.63, 3.8) is 0 Å². The van der Waals surface area contributed by atoms with Crippen LogP contribution in [0, 0.1) is 27.4 Å². The zero-order valence-corrected chi connectivity index (χ0v) is 15.8. The number of para-hydroxylation sites is 1. The molecule has 0 aromatic heterocycles. The molecular weight excluding hydrogens is 366 g/mol. The molecule has 9 heteroatoms. The molecule has 0 fully saturated rings. The summed E-state index contributed by atoms with van der Waals surface area (Å²) in [6, 6.07) is 7.55. The molecule has 2 rings (SSSR count). The first-order valence-corrected chi connectivity index (χ1v) is 8.44. The van der Waals surface area contributed by atoms with E-state index in [0.29, 0.717) is 0 Å². The molecule has 0 radical (unpaired) electrons. The summed E-state index contributed by atoms with van der Waals surface area (Å²) >= 11 is 0. The number of esters is 2. The van der Waals surface area contributed by atoms with Crippen LogP contribution in [0.15, 0.2) is 40.5 Å². The van der Waals surface area contributed by atoms with E-state index in [1.807, 2.05) is 6.07 Å². The smallest absolute Gasteiger partial charge is 0.337 e. The van der Waals surface area contributed by atoms with Gasteiger partial charge in [0, 0.05) is 23.3 Å². The van der Waals surface area contributed by atoms with Gasteiger partial charge in [-0.1, -0.05) is 18.2 Å². The van der Waals surface area contributed by atoms with Crippen molar-refractivity contribution in [1.82, 2.24) is 0 Å². The van der Waals surface area contributed by atoms with E-state index < -0.39 is 34.8 Å². The second kappa shape index (κ2) is 8.43. The van der Waals surface area contributed by atoms with E-state index >= 15 is 0 Å². The van der Waals surface area contributed by atoms with Crippen molar-refractivity contribution in [2.45, 2.75) is 32.8 Å². The number of rotatable bonds is 5. The molecule has 146 valence electrons. The first-order valence-electron chi connectivity index (χ1n) is 8.44. The zero-order valence-electron chi connectivity index (χ0n) is 15.8. The fourth-order valence-electron chi connectivity index (χ4n) is 3.14. The summed E-state index contributed by atoms with van der Waals surface area (Å²) < 4.78 is 10.1. The molecule has 0 amide bonds. The molecule has 1 aromatic rings. The van der Waals surface area contributed by atoms with Gasteiger partial charge in [-0.3, -0.25) is 14.9 Å². The van der Waals surface area contributed by atoms with E-state index in [0.717, 1.165) is 7.11 Å². The van der Waals surface area contributed by atoms with Crippen LogP contribution in [0.1, 0.15) is 32.3 Å².